The van der Waals surface area contributed by atoms with Crippen LogP contribution in [0.1, 0.15) is 39.0 Å². The van der Waals surface area contributed by atoms with Crippen molar-refractivity contribution >= 4 is 0 Å². The van der Waals surface area contributed by atoms with Gasteiger partial charge in [0, 0.05) is 0 Å². The molecule has 1 aliphatic heterocycles. The van der Waals surface area contributed by atoms with Crippen molar-refractivity contribution in [3.8, 4) is 0 Å². The Kier molecular flexibility index (Phi) is 2.35. The van der Waals surface area contributed by atoms with Crippen molar-refractivity contribution < 1.29 is 9.13 Å². The van der Waals surface area contributed by atoms with Gasteiger partial charge in [0.25, 0.3) is 0 Å². The summed E-state index contributed by atoms with van der Waals surface area (Å²) in [5, 5.41) is 0. The van der Waals surface area contributed by atoms with E-state index in [1.807, 2.05) is 0 Å². The van der Waals surface area contributed by atoms with E-state index in [-0.39, 0.29) is 6.10 Å². The van der Waals surface area contributed by atoms with Crippen LogP contribution in [0.3, 0.4) is 0 Å². The Labute approximate surface area is 73.3 Å². The molecule has 0 bridgehead atoms. The van der Waals surface area contributed by atoms with Crippen molar-refractivity contribution in [3.05, 3.63) is 0 Å². The van der Waals surface area contributed by atoms with E-state index < -0.39 is 6.17 Å². The van der Waals surface area contributed by atoms with Gasteiger partial charge in [-0.3, -0.25) is 0 Å². The Hall–Kier alpha value is -0.110. The molecule has 12 heavy (non-hydrogen) atoms. The third-order valence-electron chi connectivity index (χ3n) is 3.24. The Morgan fingerprint density at radius 1 is 1.33 bits per heavy atom. The topological polar surface area (TPSA) is 9.23 Å². The normalized spacial score (nSPS) is 44.0. The van der Waals surface area contributed by atoms with E-state index in [1.54, 1.807) is 6.92 Å². The molecular formula is C10H17FO. The summed E-state index contributed by atoms with van der Waals surface area (Å²) in [4.78, 5) is 0. The summed E-state index contributed by atoms with van der Waals surface area (Å²) in [6.07, 6.45) is 5.48. The van der Waals surface area contributed by atoms with Crippen LogP contribution in [0.4, 0.5) is 4.39 Å². The first-order chi connectivity index (χ1) is 5.77. The second-order valence-corrected chi connectivity index (χ2v) is 4.17. The van der Waals surface area contributed by atoms with Crippen LogP contribution in [0.15, 0.2) is 0 Å². The lowest BCUT2D eigenvalue weighted by Gasteiger charge is -2.23. The Bertz CT molecular complexity index is 144. The van der Waals surface area contributed by atoms with Gasteiger partial charge in [0.2, 0.25) is 0 Å². The number of fused-ring (bicyclic) bond motifs is 1. The molecule has 2 rings (SSSR count). The average Bonchev–Trinajstić information content (AvgIpc) is 2.46. The SMILES string of the molecule is CC(F)C1CC2CCCCC2O1. The minimum Gasteiger partial charge on any atom is -0.372 e. The molecule has 2 aliphatic rings. The summed E-state index contributed by atoms with van der Waals surface area (Å²) in [6.45, 7) is 1.61. The summed E-state index contributed by atoms with van der Waals surface area (Å²) in [6, 6.07) is 0. The molecular weight excluding hydrogens is 155 g/mol. The molecule has 1 heterocycles. The lowest BCUT2D eigenvalue weighted by molar-refractivity contribution is -0.0126. The zero-order valence-corrected chi connectivity index (χ0v) is 7.63. The quantitative estimate of drug-likeness (QED) is 0.591. The van der Waals surface area contributed by atoms with Crippen molar-refractivity contribution in [2.75, 3.05) is 0 Å². The van der Waals surface area contributed by atoms with Gasteiger partial charge >= 0.3 is 0 Å². The molecule has 0 spiro atoms. The maximum Gasteiger partial charge on any atom is 0.123 e. The van der Waals surface area contributed by atoms with Crippen molar-refractivity contribution in [1.29, 1.82) is 0 Å². The molecule has 0 amide bonds. The first kappa shape index (κ1) is 8.49. The van der Waals surface area contributed by atoms with Gasteiger partial charge in [-0.1, -0.05) is 12.8 Å². The molecule has 0 aromatic rings. The van der Waals surface area contributed by atoms with Crippen LogP contribution in [-0.2, 0) is 4.74 Å². The zero-order valence-electron chi connectivity index (χ0n) is 7.63. The summed E-state index contributed by atoms with van der Waals surface area (Å²) in [7, 11) is 0. The predicted molar refractivity (Wildman–Crippen MR) is 45.8 cm³/mol. The van der Waals surface area contributed by atoms with Gasteiger partial charge in [-0.15, -0.1) is 0 Å². The van der Waals surface area contributed by atoms with Gasteiger partial charge < -0.3 is 4.74 Å². The van der Waals surface area contributed by atoms with Crippen LogP contribution in [0.5, 0.6) is 0 Å². The molecule has 1 nitrogen and oxygen atoms in total. The van der Waals surface area contributed by atoms with Gasteiger partial charge in [0.1, 0.15) is 6.17 Å². The van der Waals surface area contributed by atoms with Crippen molar-refractivity contribution in [2.45, 2.75) is 57.4 Å². The van der Waals surface area contributed by atoms with Crippen LogP contribution in [0, 0.1) is 5.92 Å². The van der Waals surface area contributed by atoms with Crippen molar-refractivity contribution in [1.82, 2.24) is 0 Å². The molecule has 4 unspecified atom stereocenters. The average molecular weight is 172 g/mol. The minimum atomic E-state index is -0.782. The molecule has 70 valence electrons. The summed E-state index contributed by atoms with van der Waals surface area (Å²) < 4.78 is 18.6. The number of halogens is 1. The van der Waals surface area contributed by atoms with Crippen LogP contribution in [0.25, 0.3) is 0 Å². The lowest BCUT2D eigenvalue weighted by atomic mass is 9.85. The van der Waals surface area contributed by atoms with Gasteiger partial charge in [0.05, 0.1) is 12.2 Å². The van der Waals surface area contributed by atoms with E-state index in [0.717, 1.165) is 12.8 Å². The van der Waals surface area contributed by atoms with Crippen molar-refractivity contribution in [3.63, 3.8) is 0 Å². The lowest BCUT2D eigenvalue weighted by Crippen LogP contribution is -2.21. The monoisotopic (exact) mass is 172 g/mol. The van der Waals surface area contributed by atoms with Crippen LogP contribution >= 0.6 is 0 Å². The van der Waals surface area contributed by atoms with Crippen molar-refractivity contribution in [2.24, 2.45) is 5.92 Å². The van der Waals surface area contributed by atoms with E-state index in [0.29, 0.717) is 12.0 Å². The van der Waals surface area contributed by atoms with E-state index in [1.165, 1.54) is 19.3 Å². The molecule has 1 saturated heterocycles. The Morgan fingerprint density at radius 2 is 2.08 bits per heavy atom. The molecule has 2 fully saturated rings. The largest absolute Gasteiger partial charge is 0.372 e. The van der Waals surface area contributed by atoms with Gasteiger partial charge in [-0.2, -0.15) is 0 Å². The summed E-state index contributed by atoms with van der Waals surface area (Å²) >= 11 is 0. The molecule has 4 atom stereocenters. The van der Waals surface area contributed by atoms with Crippen LogP contribution in [0.2, 0.25) is 0 Å². The first-order valence-corrected chi connectivity index (χ1v) is 5.07. The highest BCUT2D eigenvalue weighted by molar-refractivity contribution is 4.87. The number of rotatable bonds is 1. The van der Waals surface area contributed by atoms with Crippen LogP contribution in [-0.4, -0.2) is 18.4 Å². The molecule has 1 saturated carbocycles. The standard InChI is InChI=1S/C10H17FO/c1-7(11)10-6-8-4-2-3-5-9(8)12-10/h7-10H,2-6H2,1H3. The number of alkyl halides is 1. The number of hydrogen-bond donors (Lipinski definition) is 0. The smallest absolute Gasteiger partial charge is 0.123 e. The van der Waals surface area contributed by atoms with Gasteiger partial charge in [-0.25, -0.2) is 4.39 Å². The highest BCUT2D eigenvalue weighted by atomic mass is 19.1. The first-order valence-electron chi connectivity index (χ1n) is 5.07. The second-order valence-electron chi connectivity index (χ2n) is 4.17. The second kappa shape index (κ2) is 3.33. The molecule has 1 aliphatic carbocycles. The molecule has 0 aromatic carbocycles. The third kappa shape index (κ3) is 1.49. The summed E-state index contributed by atoms with van der Waals surface area (Å²) in [5.74, 6) is 0.668. The predicted octanol–water partition coefficient (Wildman–Crippen LogP) is 2.69. The fourth-order valence-corrected chi connectivity index (χ4v) is 2.50. The minimum absolute atomic E-state index is 0.0990. The van der Waals surface area contributed by atoms with E-state index in [9.17, 15) is 4.39 Å². The van der Waals surface area contributed by atoms with E-state index >= 15 is 0 Å². The maximum absolute atomic E-state index is 12.9. The van der Waals surface area contributed by atoms with E-state index in [2.05, 4.69) is 0 Å². The highest BCUT2D eigenvalue weighted by Gasteiger charge is 2.38. The number of hydrogen-bond acceptors (Lipinski definition) is 1. The number of ether oxygens (including phenoxy) is 1. The molecule has 0 aromatic heterocycles. The zero-order chi connectivity index (χ0) is 8.55. The maximum atomic E-state index is 12.9. The molecule has 0 radical (unpaired) electrons. The molecule has 0 N–H and O–H groups in total. The molecule has 2 heteroatoms. The summed E-state index contributed by atoms with van der Waals surface area (Å²) in [5.41, 5.74) is 0. The van der Waals surface area contributed by atoms with Gasteiger partial charge in [-0.05, 0) is 32.1 Å². The van der Waals surface area contributed by atoms with Crippen LogP contribution < -0.4 is 0 Å². The fourth-order valence-electron chi connectivity index (χ4n) is 2.50. The van der Waals surface area contributed by atoms with E-state index in [4.69, 9.17) is 4.74 Å². The highest BCUT2D eigenvalue weighted by Crippen LogP contribution is 2.38. The third-order valence-corrected chi connectivity index (χ3v) is 3.24. The van der Waals surface area contributed by atoms with Gasteiger partial charge in [0.15, 0.2) is 0 Å². The fraction of sp³-hybridized carbons (Fsp3) is 1.00. The Morgan fingerprint density at radius 3 is 2.75 bits per heavy atom. The Balaban J connectivity index is 1.94.